The minimum absolute atomic E-state index is 0.0322. The first-order chi connectivity index (χ1) is 10.9. The number of aromatic carboxylic acids is 1. The number of anilines is 1. The predicted octanol–water partition coefficient (Wildman–Crippen LogP) is 3.60. The van der Waals surface area contributed by atoms with Crippen LogP contribution in [0, 0.1) is 13.8 Å². The molecule has 0 saturated heterocycles. The fourth-order valence-electron chi connectivity index (χ4n) is 2.64. The second-order valence-corrected chi connectivity index (χ2v) is 5.76. The zero-order valence-electron chi connectivity index (χ0n) is 13.7. The van der Waals surface area contributed by atoms with Gasteiger partial charge in [-0.2, -0.15) is 0 Å². The summed E-state index contributed by atoms with van der Waals surface area (Å²) in [4.78, 5) is 25.2. The van der Waals surface area contributed by atoms with E-state index < -0.39 is 5.97 Å². The first kappa shape index (κ1) is 16.7. The normalized spacial score (nSPS) is 10.4. The van der Waals surface area contributed by atoms with Crippen LogP contribution in [0.5, 0.6) is 0 Å². The monoisotopic (exact) mass is 311 g/mol. The molecule has 0 aliphatic carbocycles. The summed E-state index contributed by atoms with van der Waals surface area (Å²) in [5, 5.41) is 9.18. The first-order valence-electron chi connectivity index (χ1n) is 7.54. The molecule has 0 radical (unpaired) electrons. The second-order valence-electron chi connectivity index (χ2n) is 5.76. The van der Waals surface area contributed by atoms with Crippen LogP contribution in [-0.4, -0.2) is 24.0 Å². The van der Waals surface area contributed by atoms with E-state index in [0.29, 0.717) is 12.0 Å². The van der Waals surface area contributed by atoms with Gasteiger partial charge in [-0.15, -0.1) is 0 Å². The first-order valence-corrected chi connectivity index (χ1v) is 7.54. The van der Waals surface area contributed by atoms with Crippen molar-refractivity contribution in [3.8, 4) is 0 Å². The zero-order chi connectivity index (χ0) is 17.0. The lowest BCUT2D eigenvalue weighted by molar-refractivity contribution is -0.118. The smallest absolute Gasteiger partial charge is 0.335 e. The maximum atomic E-state index is 12.4. The highest BCUT2D eigenvalue weighted by atomic mass is 16.4. The van der Waals surface area contributed by atoms with Gasteiger partial charge in [-0.1, -0.05) is 24.3 Å². The summed E-state index contributed by atoms with van der Waals surface area (Å²) in [7, 11) is 1.75. The molecule has 23 heavy (non-hydrogen) atoms. The van der Waals surface area contributed by atoms with Gasteiger partial charge in [-0.05, 0) is 55.2 Å². The molecular weight excluding hydrogens is 290 g/mol. The lowest BCUT2D eigenvalue weighted by Crippen LogP contribution is -2.26. The molecule has 4 nitrogen and oxygen atoms in total. The van der Waals surface area contributed by atoms with Gasteiger partial charge in [0.2, 0.25) is 5.91 Å². The number of nitrogens with zero attached hydrogens (tertiary/aromatic N) is 1. The SMILES string of the molecule is Cc1cc(C)cc(N(C)C(=O)CCc2ccccc2C(=O)O)c1. The summed E-state index contributed by atoms with van der Waals surface area (Å²) in [6.07, 6.45) is 0.685. The van der Waals surface area contributed by atoms with Crippen molar-refractivity contribution in [1.82, 2.24) is 0 Å². The quantitative estimate of drug-likeness (QED) is 0.918. The zero-order valence-corrected chi connectivity index (χ0v) is 13.7. The molecule has 0 bridgehead atoms. The van der Waals surface area contributed by atoms with Gasteiger partial charge in [0, 0.05) is 19.2 Å². The van der Waals surface area contributed by atoms with Gasteiger partial charge in [-0.3, -0.25) is 4.79 Å². The standard InChI is InChI=1S/C19H21NO3/c1-13-10-14(2)12-16(11-13)20(3)18(21)9-8-15-6-4-5-7-17(15)19(22)23/h4-7,10-12H,8-9H2,1-3H3,(H,22,23). The molecule has 2 aromatic carbocycles. The van der Waals surface area contributed by atoms with E-state index in [0.717, 1.165) is 16.8 Å². The van der Waals surface area contributed by atoms with E-state index in [1.165, 1.54) is 0 Å². The molecule has 2 aromatic rings. The maximum absolute atomic E-state index is 12.4. The predicted molar refractivity (Wildman–Crippen MR) is 91.0 cm³/mol. The Balaban J connectivity index is 2.09. The van der Waals surface area contributed by atoms with Crippen molar-refractivity contribution < 1.29 is 14.7 Å². The number of carboxylic acids is 1. The highest BCUT2D eigenvalue weighted by Crippen LogP contribution is 2.19. The Morgan fingerprint density at radius 2 is 1.65 bits per heavy atom. The van der Waals surface area contributed by atoms with Crippen molar-refractivity contribution in [2.45, 2.75) is 26.7 Å². The van der Waals surface area contributed by atoms with Crippen LogP contribution in [0.2, 0.25) is 0 Å². The van der Waals surface area contributed by atoms with E-state index in [1.54, 1.807) is 36.2 Å². The number of carbonyl (C=O) groups excluding carboxylic acids is 1. The van der Waals surface area contributed by atoms with Gasteiger partial charge in [0.25, 0.3) is 0 Å². The van der Waals surface area contributed by atoms with Gasteiger partial charge in [0.05, 0.1) is 5.56 Å². The summed E-state index contributed by atoms with van der Waals surface area (Å²) in [5.41, 5.74) is 4.02. The molecule has 1 amide bonds. The van der Waals surface area contributed by atoms with Crippen LogP contribution in [0.4, 0.5) is 5.69 Å². The summed E-state index contributed by atoms with van der Waals surface area (Å²) in [6, 6.07) is 12.8. The molecule has 1 N–H and O–H groups in total. The van der Waals surface area contributed by atoms with Gasteiger partial charge in [-0.25, -0.2) is 4.79 Å². The average Bonchev–Trinajstić information content (AvgIpc) is 2.51. The number of hydrogen-bond donors (Lipinski definition) is 1. The fourth-order valence-corrected chi connectivity index (χ4v) is 2.64. The van der Waals surface area contributed by atoms with Crippen molar-refractivity contribution in [3.05, 3.63) is 64.7 Å². The van der Waals surface area contributed by atoms with Crippen molar-refractivity contribution >= 4 is 17.6 Å². The number of hydrogen-bond acceptors (Lipinski definition) is 2. The van der Waals surface area contributed by atoms with Crippen LogP contribution in [0.1, 0.15) is 33.5 Å². The lowest BCUT2D eigenvalue weighted by Gasteiger charge is -2.19. The molecule has 120 valence electrons. The van der Waals surface area contributed by atoms with E-state index in [4.69, 9.17) is 0 Å². The Morgan fingerprint density at radius 1 is 1.04 bits per heavy atom. The second kappa shape index (κ2) is 7.09. The van der Waals surface area contributed by atoms with Crippen molar-refractivity contribution in [1.29, 1.82) is 0 Å². The van der Waals surface area contributed by atoms with E-state index in [2.05, 4.69) is 6.07 Å². The van der Waals surface area contributed by atoms with E-state index in [-0.39, 0.29) is 17.9 Å². The molecular formula is C19H21NO3. The molecule has 0 aromatic heterocycles. The minimum Gasteiger partial charge on any atom is -0.478 e. The molecule has 0 spiro atoms. The van der Waals surface area contributed by atoms with Gasteiger partial charge >= 0.3 is 5.97 Å². The molecule has 4 heteroatoms. The average molecular weight is 311 g/mol. The van der Waals surface area contributed by atoms with Crippen LogP contribution >= 0.6 is 0 Å². The Labute approximate surface area is 136 Å². The summed E-state index contributed by atoms with van der Waals surface area (Å²) in [5.74, 6) is -0.995. The van der Waals surface area contributed by atoms with Crippen LogP contribution < -0.4 is 4.90 Å². The van der Waals surface area contributed by atoms with E-state index in [1.807, 2.05) is 26.0 Å². The topological polar surface area (TPSA) is 57.6 Å². The number of rotatable bonds is 5. The van der Waals surface area contributed by atoms with Crippen molar-refractivity contribution in [2.75, 3.05) is 11.9 Å². The molecule has 0 aliphatic rings. The molecule has 0 aliphatic heterocycles. The highest BCUT2D eigenvalue weighted by molar-refractivity contribution is 5.94. The molecule has 0 unspecified atom stereocenters. The van der Waals surface area contributed by atoms with E-state index >= 15 is 0 Å². The molecule has 0 heterocycles. The largest absolute Gasteiger partial charge is 0.478 e. The molecule has 0 saturated carbocycles. The number of carboxylic acid groups (broad SMARTS) is 1. The van der Waals surface area contributed by atoms with E-state index in [9.17, 15) is 14.7 Å². The van der Waals surface area contributed by atoms with Crippen LogP contribution in [-0.2, 0) is 11.2 Å². The Morgan fingerprint density at radius 3 is 2.26 bits per heavy atom. The number of benzene rings is 2. The third-order valence-corrected chi connectivity index (χ3v) is 3.82. The fraction of sp³-hybridized carbons (Fsp3) is 0.263. The Kier molecular flexibility index (Phi) is 5.16. The summed E-state index contributed by atoms with van der Waals surface area (Å²) in [6.45, 7) is 4.00. The van der Waals surface area contributed by atoms with Crippen molar-refractivity contribution in [2.24, 2.45) is 0 Å². The van der Waals surface area contributed by atoms with Crippen LogP contribution in [0.15, 0.2) is 42.5 Å². The molecule has 2 rings (SSSR count). The lowest BCUT2D eigenvalue weighted by atomic mass is 10.0. The number of carbonyl (C=O) groups is 2. The Hall–Kier alpha value is -2.62. The number of aryl methyl sites for hydroxylation is 3. The maximum Gasteiger partial charge on any atom is 0.335 e. The van der Waals surface area contributed by atoms with Gasteiger partial charge < -0.3 is 10.0 Å². The minimum atomic E-state index is -0.962. The van der Waals surface area contributed by atoms with Gasteiger partial charge in [0.15, 0.2) is 0 Å². The summed E-state index contributed by atoms with van der Waals surface area (Å²) < 4.78 is 0. The Bertz CT molecular complexity index is 717. The third kappa shape index (κ3) is 4.19. The highest BCUT2D eigenvalue weighted by Gasteiger charge is 2.14. The molecule has 0 fully saturated rings. The number of amides is 1. The van der Waals surface area contributed by atoms with Crippen LogP contribution in [0.3, 0.4) is 0 Å². The third-order valence-electron chi connectivity index (χ3n) is 3.82. The van der Waals surface area contributed by atoms with Crippen LogP contribution in [0.25, 0.3) is 0 Å². The molecule has 0 atom stereocenters. The van der Waals surface area contributed by atoms with Gasteiger partial charge in [0.1, 0.15) is 0 Å². The van der Waals surface area contributed by atoms with Crippen molar-refractivity contribution in [3.63, 3.8) is 0 Å². The summed E-state index contributed by atoms with van der Waals surface area (Å²) >= 11 is 0.